The second-order valence-electron chi connectivity index (χ2n) is 4.69. The molecule has 0 bridgehead atoms. The summed E-state index contributed by atoms with van der Waals surface area (Å²) in [5.74, 6) is 1.92. The fourth-order valence-corrected chi connectivity index (χ4v) is 3.02. The van der Waals surface area contributed by atoms with E-state index in [9.17, 15) is 0 Å². The van der Waals surface area contributed by atoms with Gasteiger partial charge < -0.3 is 4.74 Å². The maximum atomic E-state index is 5.39. The van der Waals surface area contributed by atoms with Gasteiger partial charge in [-0.25, -0.2) is 4.98 Å². The molecule has 0 N–H and O–H groups in total. The molecule has 4 rings (SSSR count). The van der Waals surface area contributed by atoms with Crippen LogP contribution < -0.4 is 4.74 Å². The minimum Gasteiger partial charge on any atom is -0.496 e. The van der Waals surface area contributed by atoms with Crippen molar-refractivity contribution in [2.24, 2.45) is 0 Å². The highest BCUT2D eigenvalue weighted by atomic mass is 32.1. The third kappa shape index (κ3) is 2.05. The molecule has 0 saturated carbocycles. The van der Waals surface area contributed by atoms with Gasteiger partial charge in [-0.2, -0.15) is 20.8 Å². The Labute approximate surface area is 130 Å². The first-order valence-electron chi connectivity index (χ1n) is 6.74. The first-order chi connectivity index (χ1) is 10.9. The number of hydrogen-bond donors (Lipinski definition) is 0. The Morgan fingerprint density at radius 1 is 1.14 bits per heavy atom. The molecule has 0 saturated heterocycles. The highest BCUT2D eigenvalue weighted by Gasteiger charge is 2.14. The summed E-state index contributed by atoms with van der Waals surface area (Å²) >= 11 is 1.65. The number of ether oxygens (including phenoxy) is 1. The van der Waals surface area contributed by atoms with Crippen molar-refractivity contribution >= 4 is 17.1 Å². The van der Waals surface area contributed by atoms with Gasteiger partial charge in [0.2, 0.25) is 0 Å². The third-order valence-corrected chi connectivity index (χ3v) is 4.09. The first kappa shape index (κ1) is 13.0. The molecular weight excluding hydrogens is 296 g/mol. The Balaban J connectivity index is 1.93. The van der Waals surface area contributed by atoms with Crippen molar-refractivity contribution in [3.63, 3.8) is 0 Å². The smallest absolute Gasteiger partial charge is 0.253 e. The van der Waals surface area contributed by atoms with Gasteiger partial charge in [0.25, 0.3) is 5.78 Å². The van der Waals surface area contributed by atoms with Crippen molar-refractivity contribution in [2.75, 3.05) is 7.11 Å². The largest absolute Gasteiger partial charge is 0.496 e. The summed E-state index contributed by atoms with van der Waals surface area (Å²) in [7, 11) is 1.64. The topological polar surface area (TPSA) is 52.3 Å². The van der Waals surface area contributed by atoms with E-state index in [1.807, 2.05) is 35.7 Å². The number of methoxy groups -OCH3 is 1. The minimum atomic E-state index is 0.574. The van der Waals surface area contributed by atoms with Gasteiger partial charge >= 0.3 is 0 Å². The van der Waals surface area contributed by atoms with E-state index in [1.54, 1.807) is 29.2 Å². The van der Waals surface area contributed by atoms with Crippen LogP contribution in [0.1, 0.15) is 0 Å². The van der Waals surface area contributed by atoms with Gasteiger partial charge in [0.1, 0.15) is 5.75 Å². The molecule has 22 heavy (non-hydrogen) atoms. The Morgan fingerprint density at radius 2 is 2.05 bits per heavy atom. The van der Waals surface area contributed by atoms with E-state index in [1.165, 1.54) is 0 Å². The zero-order valence-electron chi connectivity index (χ0n) is 11.8. The Morgan fingerprint density at radius 3 is 2.86 bits per heavy atom. The number of rotatable bonds is 3. The van der Waals surface area contributed by atoms with E-state index >= 15 is 0 Å². The molecule has 0 atom stereocenters. The first-order valence-corrected chi connectivity index (χ1v) is 7.69. The molecular formula is C16H12N4OS. The van der Waals surface area contributed by atoms with Gasteiger partial charge in [0, 0.05) is 17.1 Å². The molecule has 1 aromatic carbocycles. The molecule has 0 radical (unpaired) electrons. The molecule has 5 nitrogen and oxygen atoms in total. The van der Waals surface area contributed by atoms with Crippen molar-refractivity contribution in [3.05, 3.63) is 53.4 Å². The average Bonchev–Trinajstić information content (AvgIpc) is 3.23. The summed E-state index contributed by atoms with van der Waals surface area (Å²) in [5, 5.41) is 8.74. The quantitative estimate of drug-likeness (QED) is 0.581. The van der Waals surface area contributed by atoms with Crippen LogP contribution in [0.5, 0.6) is 5.75 Å². The molecule has 0 spiro atoms. The Bertz CT molecular complexity index is 930. The van der Waals surface area contributed by atoms with E-state index in [0.29, 0.717) is 11.6 Å². The van der Waals surface area contributed by atoms with Crippen molar-refractivity contribution in [1.29, 1.82) is 0 Å². The molecule has 6 heteroatoms. The van der Waals surface area contributed by atoms with Crippen LogP contribution in [-0.2, 0) is 0 Å². The van der Waals surface area contributed by atoms with Crippen LogP contribution in [-0.4, -0.2) is 26.7 Å². The van der Waals surface area contributed by atoms with Gasteiger partial charge in [-0.05, 0) is 29.6 Å². The van der Waals surface area contributed by atoms with E-state index in [2.05, 4.69) is 26.5 Å². The van der Waals surface area contributed by atoms with E-state index in [-0.39, 0.29) is 0 Å². The lowest BCUT2D eigenvalue weighted by Gasteiger charge is -2.03. The zero-order valence-corrected chi connectivity index (χ0v) is 12.6. The number of fused-ring (bicyclic) bond motifs is 1. The van der Waals surface area contributed by atoms with Crippen LogP contribution in [0.4, 0.5) is 0 Å². The maximum absolute atomic E-state index is 5.39. The molecule has 108 valence electrons. The molecule has 3 heterocycles. The molecule has 3 aromatic heterocycles. The summed E-state index contributed by atoms with van der Waals surface area (Å²) in [5.41, 5.74) is 2.93. The number of benzene rings is 1. The van der Waals surface area contributed by atoms with Gasteiger partial charge in [-0.3, -0.25) is 0 Å². The second kappa shape index (κ2) is 5.23. The molecule has 0 unspecified atom stereocenters. The van der Waals surface area contributed by atoms with E-state index in [4.69, 9.17) is 4.74 Å². The molecule has 0 aliphatic rings. The summed E-state index contributed by atoms with van der Waals surface area (Å²) < 4.78 is 7.16. The number of aromatic nitrogens is 4. The van der Waals surface area contributed by atoms with E-state index < -0.39 is 0 Å². The lowest BCUT2D eigenvalue weighted by Crippen LogP contribution is -1.95. The van der Waals surface area contributed by atoms with Crippen molar-refractivity contribution < 1.29 is 4.74 Å². The van der Waals surface area contributed by atoms with Crippen LogP contribution in [0.25, 0.3) is 28.4 Å². The lowest BCUT2D eigenvalue weighted by molar-refractivity contribution is 0.416. The number of hydrogen-bond acceptors (Lipinski definition) is 5. The summed E-state index contributed by atoms with van der Waals surface area (Å²) in [6.07, 6.45) is 1.75. The van der Waals surface area contributed by atoms with Crippen LogP contribution in [0.15, 0.2) is 53.4 Å². The summed E-state index contributed by atoms with van der Waals surface area (Å²) in [4.78, 5) is 8.83. The normalized spacial score (nSPS) is 11.0. The van der Waals surface area contributed by atoms with Crippen LogP contribution in [0.2, 0.25) is 0 Å². The van der Waals surface area contributed by atoms with Crippen molar-refractivity contribution in [3.8, 4) is 28.4 Å². The fourth-order valence-electron chi connectivity index (χ4n) is 2.37. The molecule has 0 fully saturated rings. The van der Waals surface area contributed by atoms with Crippen molar-refractivity contribution in [2.45, 2.75) is 0 Å². The standard InChI is InChI=1S/C16H12N4OS/c1-21-14-5-3-2-4-12(14)15-18-16-17-8-6-13(20(16)19-15)11-7-9-22-10-11/h2-10H,1H3. The highest BCUT2D eigenvalue weighted by molar-refractivity contribution is 7.08. The van der Waals surface area contributed by atoms with Gasteiger partial charge in [-0.15, -0.1) is 5.10 Å². The zero-order chi connectivity index (χ0) is 14.9. The SMILES string of the molecule is COc1ccccc1-c1nc2nccc(-c3ccsc3)n2n1. The number of para-hydroxylation sites is 1. The molecule has 4 aromatic rings. The van der Waals surface area contributed by atoms with Crippen LogP contribution >= 0.6 is 11.3 Å². The predicted molar refractivity (Wildman–Crippen MR) is 86.1 cm³/mol. The van der Waals surface area contributed by atoms with Gasteiger partial charge in [-0.1, -0.05) is 12.1 Å². The third-order valence-electron chi connectivity index (χ3n) is 3.41. The van der Waals surface area contributed by atoms with Gasteiger partial charge in [0.05, 0.1) is 18.4 Å². The van der Waals surface area contributed by atoms with Crippen molar-refractivity contribution in [1.82, 2.24) is 19.6 Å². The minimum absolute atomic E-state index is 0.574. The van der Waals surface area contributed by atoms with E-state index in [0.717, 1.165) is 22.6 Å². The highest BCUT2D eigenvalue weighted by Crippen LogP contribution is 2.28. The number of nitrogens with zero attached hydrogens (tertiary/aromatic N) is 4. The monoisotopic (exact) mass is 308 g/mol. The molecule has 0 amide bonds. The molecule has 0 aliphatic heterocycles. The van der Waals surface area contributed by atoms with Gasteiger partial charge in [0.15, 0.2) is 5.82 Å². The Kier molecular flexibility index (Phi) is 3.08. The van der Waals surface area contributed by atoms with Crippen LogP contribution in [0.3, 0.4) is 0 Å². The maximum Gasteiger partial charge on any atom is 0.253 e. The average molecular weight is 308 g/mol. The summed E-state index contributed by atoms with van der Waals surface area (Å²) in [6, 6.07) is 11.7. The lowest BCUT2D eigenvalue weighted by atomic mass is 10.2. The second-order valence-corrected chi connectivity index (χ2v) is 5.47. The van der Waals surface area contributed by atoms with Crippen LogP contribution in [0, 0.1) is 0 Å². The number of thiophene rings is 1. The fraction of sp³-hybridized carbons (Fsp3) is 0.0625. The Hall–Kier alpha value is -2.73. The predicted octanol–water partition coefficient (Wildman–Crippen LogP) is 3.53. The summed E-state index contributed by atoms with van der Waals surface area (Å²) in [6.45, 7) is 0. The molecule has 0 aliphatic carbocycles.